The van der Waals surface area contributed by atoms with E-state index >= 15 is 0 Å². The Kier molecular flexibility index (Phi) is 3.90. The van der Waals surface area contributed by atoms with Crippen molar-refractivity contribution in [3.8, 4) is 6.07 Å². The summed E-state index contributed by atoms with van der Waals surface area (Å²) in [5.74, 6) is -0.233. The number of rotatable bonds is 3. The van der Waals surface area contributed by atoms with Gasteiger partial charge in [0.25, 0.3) is 0 Å². The van der Waals surface area contributed by atoms with Crippen LogP contribution >= 0.6 is 0 Å². The first kappa shape index (κ1) is 11.0. The number of primary amides is 1. The number of hydrogen-bond acceptors (Lipinski definition) is 3. The van der Waals surface area contributed by atoms with E-state index in [1.807, 2.05) is 6.92 Å². The molecule has 2 unspecified atom stereocenters. The van der Waals surface area contributed by atoms with Gasteiger partial charge in [-0.05, 0) is 26.3 Å². The second-order valence-corrected chi connectivity index (χ2v) is 3.95. The van der Waals surface area contributed by atoms with Crippen LogP contribution in [0.1, 0.15) is 26.2 Å². The van der Waals surface area contributed by atoms with Crippen LogP contribution in [-0.2, 0) is 4.79 Å². The molecular weight excluding hydrogens is 178 g/mol. The predicted molar refractivity (Wildman–Crippen MR) is 53.2 cm³/mol. The van der Waals surface area contributed by atoms with Gasteiger partial charge in [-0.3, -0.25) is 9.69 Å². The number of piperidine rings is 1. The van der Waals surface area contributed by atoms with Gasteiger partial charge in [0.1, 0.15) is 0 Å². The molecule has 0 radical (unpaired) electrons. The topological polar surface area (TPSA) is 70.1 Å². The summed E-state index contributed by atoms with van der Waals surface area (Å²) in [6.45, 7) is 3.72. The Morgan fingerprint density at radius 2 is 2.50 bits per heavy atom. The van der Waals surface area contributed by atoms with Crippen molar-refractivity contribution in [2.75, 3.05) is 13.1 Å². The average Bonchev–Trinajstić information content (AvgIpc) is 2.18. The standard InChI is InChI=1S/C10H17N3O/c1-8(4-5-11)13-6-2-3-9(7-13)10(12)14/h8-9H,2-4,6-7H2,1H3,(H2,12,14). The molecule has 78 valence electrons. The third kappa shape index (κ3) is 2.71. The number of amides is 1. The maximum absolute atomic E-state index is 11.0. The molecule has 1 rings (SSSR count). The van der Waals surface area contributed by atoms with E-state index < -0.39 is 0 Å². The van der Waals surface area contributed by atoms with Gasteiger partial charge in [0, 0.05) is 12.6 Å². The van der Waals surface area contributed by atoms with Crippen molar-refractivity contribution in [1.29, 1.82) is 5.26 Å². The summed E-state index contributed by atoms with van der Waals surface area (Å²) >= 11 is 0. The van der Waals surface area contributed by atoms with E-state index in [-0.39, 0.29) is 17.9 Å². The third-order valence-corrected chi connectivity index (χ3v) is 2.87. The molecule has 0 spiro atoms. The van der Waals surface area contributed by atoms with E-state index in [4.69, 9.17) is 11.0 Å². The van der Waals surface area contributed by atoms with E-state index in [1.165, 1.54) is 0 Å². The van der Waals surface area contributed by atoms with Crippen molar-refractivity contribution < 1.29 is 4.79 Å². The molecule has 1 amide bonds. The number of carbonyl (C=O) groups is 1. The van der Waals surface area contributed by atoms with Gasteiger partial charge >= 0.3 is 0 Å². The zero-order valence-corrected chi connectivity index (χ0v) is 8.57. The van der Waals surface area contributed by atoms with E-state index in [0.717, 1.165) is 25.9 Å². The lowest BCUT2D eigenvalue weighted by molar-refractivity contribution is -0.123. The minimum Gasteiger partial charge on any atom is -0.369 e. The maximum Gasteiger partial charge on any atom is 0.221 e. The average molecular weight is 195 g/mol. The molecule has 1 aliphatic heterocycles. The van der Waals surface area contributed by atoms with Crippen molar-refractivity contribution in [2.24, 2.45) is 11.7 Å². The number of carbonyl (C=O) groups excluding carboxylic acids is 1. The number of nitrogens with two attached hydrogens (primary N) is 1. The molecule has 0 aromatic carbocycles. The highest BCUT2D eigenvalue weighted by molar-refractivity contribution is 5.76. The van der Waals surface area contributed by atoms with Crippen LogP contribution in [0.2, 0.25) is 0 Å². The Morgan fingerprint density at radius 3 is 3.07 bits per heavy atom. The molecule has 14 heavy (non-hydrogen) atoms. The van der Waals surface area contributed by atoms with Crippen LogP contribution < -0.4 is 5.73 Å². The van der Waals surface area contributed by atoms with Crippen LogP contribution in [0.15, 0.2) is 0 Å². The molecule has 0 aromatic heterocycles. The second-order valence-electron chi connectivity index (χ2n) is 3.95. The molecule has 4 nitrogen and oxygen atoms in total. The van der Waals surface area contributed by atoms with E-state index in [9.17, 15) is 4.79 Å². The summed E-state index contributed by atoms with van der Waals surface area (Å²) < 4.78 is 0. The van der Waals surface area contributed by atoms with Gasteiger partial charge in [-0.2, -0.15) is 5.26 Å². The predicted octanol–water partition coefficient (Wildman–Crippen LogP) is 0.486. The molecule has 1 aliphatic rings. The molecule has 1 heterocycles. The van der Waals surface area contributed by atoms with Gasteiger partial charge in [-0.1, -0.05) is 0 Å². The third-order valence-electron chi connectivity index (χ3n) is 2.87. The zero-order chi connectivity index (χ0) is 10.6. The minimum absolute atomic E-state index is 0.0232. The van der Waals surface area contributed by atoms with Crippen molar-refractivity contribution in [1.82, 2.24) is 4.90 Å². The Balaban J connectivity index is 2.48. The Hall–Kier alpha value is -1.08. The smallest absolute Gasteiger partial charge is 0.221 e. The highest BCUT2D eigenvalue weighted by atomic mass is 16.1. The summed E-state index contributed by atoms with van der Waals surface area (Å²) in [4.78, 5) is 13.2. The van der Waals surface area contributed by atoms with E-state index in [0.29, 0.717) is 6.42 Å². The van der Waals surface area contributed by atoms with Crippen LogP contribution in [-0.4, -0.2) is 29.9 Å². The van der Waals surface area contributed by atoms with Crippen LogP contribution in [0.3, 0.4) is 0 Å². The van der Waals surface area contributed by atoms with Crippen molar-refractivity contribution in [3.63, 3.8) is 0 Å². The van der Waals surface area contributed by atoms with Gasteiger partial charge in [0.2, 0.25) is 5.91 Å². The highest BCUT2D eigenvalue weighted by Crippen LogP contribution is 2.18. The molecule has 0 saturated carbocycles. The quantitative estimate of drug-likeness (QED) is 0.712. The Bertz CT molecular complexity index is 246. The molecule has 0 bridgehead atoms. The summed E-state index contributed by atoms with van der Waals surface area (Å²) in [5, 5.41) is 8.57. The maximum atomic E-state index is 11.0. The lowest BCUT2D eigenvalue weighted by Crippen LogP contribution is -2.45. The molecule has 2 atom stereocenters. The second kappa shape index (κ2) is 4.97. The van der Waals surface area contributed by atoms with Gasteiger partial charge in [0.05, 0.1) is 18.4 Å². The van der Waals surface area contributed by atoms with Crippen molar-refractivity contribution >= 4 is 5.91 Å². The normalized spacial score (nSPS) is 25.3. The van der Waals surface area contributed by atoms with Crippen LogP contribution in [0.25, 0.3) is 0 Å². The summed E-state index contributed by atoms with van der Waals surface area (Å²) in [6.07, 6.45) is 2.42. The summed E-state index contributed by atoms with van der Waals surface area (Å²) in [7, 11) is 0. The summed E-state index contributed by atoms with van der Waals surface area (Å²) in [6, 6.07) is 2.39. The molecule has 1 fully saturated rings. The molecule has 0 aliphatic carbocycles. The van der Waals surface area contributed by atoms with Crippen LogP contribution in [0.4, 0.5) is 0 Å². The number of likely N-dealkylation sites (tertiary alicyclic amines) is 1. The largest absolute Gasteiger partial charge is 0.369 e. The molecule has 2 N–H and O–H groups in total. The first-order chi connectivity index (χ1) is 6.65. The van der Waals surface area contributed by atoms with Gasteiger partial charge in [0.15, 0.2) is 0 Å². The lowest BCUT2D eigenvalue weighted by atomic mass is 9.96. The van der Waals surface area contributed by atoms with Gasteiger partial charge < -0.3 is 5.73 Å². The number of nitrogens with zero attached hydrogens (tertiary/aromatic N) is 2. The molecule has 1 saturated heterocycles. The van der Waals surface area contributed by atoms with Crippen LogP contribution in [0.5, 0.6) is 0 Å². The summed E-state index contributed by atoms with van der Waals surface area (Å²) in [5.41, 5.74) is 5.27. The molecular formula is C10H17N3O. The zero-order valence-electron chi connectivity index (χ0n) is 8.57. The number of hydrogen-bond donors (Lipinski definition) is 1. The van der Waals surface area contributed by atoms with E-state index in [2.05, 4.69) is 11.0 Å². The fourth-order valence-electron chi connectivity index (χ4n) is 1.90. The van der Waals surface area contributed by atoms with Crippen LogP contribution in [0, 0.1) is 17.2 Å². The Labute approximate surface area is 84.7 Å². The Morgan fingerprint density at radius 1 is 1.79 bits per heavy atom. The SMILES string of the molecule is CC(CC#N)N1CCCC(C(N)=O)C1. The van der Waals surface area contributed by atoms with Crippen molar-refractivity contribution in [3.05, 3.63) is 0 Å². The molecule has 0 aromatic rings. The van der Waals surface area contributed by atoms with Gasteiger partial charge in [-0.25, -0.2) is 0 Å². The minimum atomic E-state index is -0.209. The number of nitriles is 1. The first-order valence-electron chi connectivity index (χ1n) is 5.05. The first-order valence-corrected chi connectivity index (χ1v) is 5.05. The van der Waals surface area contributed by atoms with Gasteiger partial charge in [-0.15, -0.1) is 0 Å². The fourth-order valence-corrected chi connectivity index (χ4v) is 1.90. The highest BCUT2D eigenvalue weighted by Gasteiger charge is 2.26. The monoisotopic (exact) mass is 195 g/mol. The fraction of sp³-hybridized carbons (Fsp3) is 0.800. The lowest BCUT2D eigenvalue weighted by Gasteiger charge is -2.34. The molecule has 4 heteroatoms. The van der Waals surface area contributed by atoms with Crippen molar-refractivity contribution in [2.45, 2.75) is 32.2 Å². The van der Waals surface area contributed by atoms with E-state index in [1.54, 1.807) is 0 Å².